The first kappa shape index (κ1) is 14.9. The van der Waals surface area contributed by atoms with Gasteiger partial charge in [0.1, 0.15) is 5.75 Å². The van der Waals surface area contributed by atoms with Crippen LogP contribution < -0.4 is 10.1 Å². The Morgan fingerprint density at radius 2 is 2.00 bits per heavy atom. The predicted molar refractivity (Wildman–Crippen MR) is 83.9 cm³/mol. The van der Waals surface area contributed by atoms with Crippen LogP contribution in [0.5, 0.6) is 5.75 Å². The van der Waals surface area contributed by atoms with E-state index in [-0.39, 0.29) is 0 Å². The molecule has 1 N–H and O–H groups in total. The Bertz CT molecular complexity index is 445. The smallest absolute Gasteiger partial charge is 0.125 e. The van der Waals surface area contributed by atoms with Gasteiger partial charge in [0.2, 0.25) is 0 Å². The standard InChI is InChI=1S/C16H24BrNO/c1-10(2)18-12(4)11(3)7-14-9-15(17)8-13-5-6-19-16(13)14/h8-12,18H,5-7H2,1-4H3. The van der Waals surface area contributed by atoms with Gasteiger partial charge in [0.15, 0.2) is 0 Å². The molecule has 106 valence electrons. The maximum absolute atomic E-state index is 5.81. The number of benzene rings is 1. The minimum absolute atomic E-state index is 0.510. The van der Waals surface area contributed by atoms with E-state index in [1.165, 1.54) is 15.6 Å². The lowest BCUT2D eigenvalue weighted by molar-refractivity contribution is 0.342. The highest BCUT2D eigenvalue weighted by Crippen LogP contribution is 2.34. The monoisotopic (exact) mass is 325 g/mol. The fourth-order valence-corrected chi connectivity index (χ4v) is 3.26. The molecule has 2 rings (SSSR count). The van der Waals surface area contributed by atoms with Gasteiger partial charge in [-0.2, -0.15) is 0 Å². The molecule has 0 saturated carbocycles. The predicted octanol–water partition coefficient (Wildman–Crippen LogP) is 3.95. The highest BCUT2D eigenvalue weighted by molar-refractivity contribution is 9.10. The van der Waals surface area contributed by atoms with Crippen molar-refractivity contribution >= 4 is 15.9 Å². The summed E-state index contributed by atoms with van der Waals surface area (Å²) < 4.78 is 6.97. The number of nitrogens with one attached hydrogen (secondary N) is 1. The molecule has 2 atom stereocenters. The Morgan fingerprint density at radius 1 is 1.26 bits per heavy atom. The van der Waals surface area contributed by atoms with Crippen LogP contribution in [-0.2, 0) is 12.8 Å². The summed E-state index contributed by atoms with van der Waals surface area (Å²) in [5.74, 6) is 1.72. The van der Waals surface area contributed by atoms with Gasteiger partial charge < -0.3 is 10.1 Å². The molecule has 0 aromatic heterocycles. The van der Waals surface area contributed by atoms with Crippen LogP contribution in [0.2, 0.25) is 0 Å². The quantitative estimate of drug-likeness (QED) is 0.885. The maximum atomic E-state index is 5.81. The van der Waals surface area contributed by atoms with Gasteiger partial charge in [0, 0.05) is 23.0 Å². The molecule has 0 radical (unpaired) electrons. The van der Waals surface area contributed by atoms with Crippen LogP contribution in [-0.4, -0.2) is 18.7 Å². The van der Waals surface area contributed by atoms with Crippen molar-refractivity contribution < 1.29 is 4.74 Å². The number of halogens is 1. The Morgan fingerprint density at radius 3 is 2.68 bits per heavy atom. The Balaban J connectivity index is 2.11. The van der Waals surface area contributed by atoms with Gasteiger partial charge >= 0.3 is 0 Å². The maximum Gasteiger partial charge on any atom is 0.125 e. The first-order valence-corrected chi connectivity index (χ1v) is 7.96. The number of hydrogen-bond donors (Lipinski definition) is 1. The van der Waals surface area contributed by atoms with E-state index >= 15 is 0 Å². The van der Waals surface area contributed by atoms with E-state index in [9.17, 15) is 0 Å². The molecule has 1 aromatic rings. The van der Waals surface area contributed by atoms with Crippen LogP contribution in [0.25, 0.3) is 0 Å². The van der Waals surface area contributed by atoms with Gasteiger partial charge in [-0.3, -0.25) is 0 Å². The second kappa shape index (κ2) is 6.27. The molecular formula is C16H24BrNO. The van der Waals surface area contributed by atoms with Gasteiger partial charge in [-0.05, 0) is 42.5 Å². The number of fused-ring (bicyclic) bond motifs is 1. The molecule has 1 aliphatic heterocycles. The third-order valence-corrected chi connectivity index (χ3v) is 4.27. The summed E-state index contributed by atoms with van der Waals surface area (Å²) in [7, 11) is 0. The number of rotatable bonds is 5. The molecule has 0 amide bonds. The fraction of sp³-hybridized carbons (Fsp3) is 0.625. The molecule has 0 aliphatic carbocycles. The fourth-order valence-electron chi connectivity index (χ4n) is 2.71. The summed E-state index contributed by atoms with van der Waals surface area (Å²) in [6, 6.07) is 5.44. The zero-order chi connectivity index (χ0) is 14.0. The van der Waals surface area contributed by atoms with Crippen molar-refractivity contribution in [2.45, 2.75) is 52.6 Å². The second-order valence-corrected chi connectivity index (χ2v) is 6.86. The summed E-state index contributed by atoms with van der Waals surface area (Å²) in [5, 5.41) is 3.59. The Kier molecular flexibility index (Phi) is 4.91. The zero-order valence-corrected chi connectivity index (χ0v) is 13.9. The lowest BCUT2D eigenvalue weighted by Gasteiger charge is -2.24. The summed E-state index contributed by atoms with van der Waals surface area (Å²) in [4.78, 5) is 0. The van der Waals surface area contributed by atoms with E-state index in [1.54, 1.807) is 0 Å². The van der Waals surface area contributed by atoms with Gasteiger partial charge in [0.05, 0.1) is 6.61 Å². The van der Waals surface area contributed by atoms with Crippen LogP contribution in [0.15, 0.2) is 16.6 Å². The lowest BCUT2D eigenvalue weighted by atomic mass is 9.93. The minimum atomic E-state index is 0.510. The minimum Gasteiger partial charge on any atom is -0.493 e. The molecule has 1 aliphatic rings. The van der Waals surface area contributed by atoms with E-state index in [0.29, 0.717) is 18.0 Å². The third kappa shape index (κ3) is 3.73. The largest absolute Gasteiger partial charge is 0.493 e. The van der Waals surface area contributed by atoms with E-state index in [4.69, 9.17) is 4.74 Å². The molecule has 2 nitrogen and oxygen atoms in total. The molecule has 1 heterocycles. The van der Waals surface area contributed by atoms with E-state index in [2.05, 4.69) is 61.1 Å². The van der Waals surface area contributed by atoms with Crippen LogP contribution in [0.1, 0.15) is 38.8 Å². The van der Waals surface area contributed by atoms with Crippen molar-refractivity contribution in [2.24, 2.45) is 5.92 Å². The topological polar surface area (TPSA) is 21.3 Å². The Hall–Kier alpha value is -0.540. The first-order chi connectivity index (χ1) is 8.97. The van der Waals surface area contributed by atoms with Crippen molar-refractivity contribution in [2.75, 3.05) is 6.61 Å². The SMILES string of the molecule is CC(C)NC(C)C(C)Cc1cc(Br)cc2c1OCC2. The van der Waals surface area contributed by atoms with Gasteiger partial charge in [0.25, 0.3) is 0 Å². The first-order valence-electron chi connectivity index (χ1n) is 7.17. The van der Waals surface area contributed by atoms with Crippen molar-refractivity contribution in [3.05, 3.63) is 27.7 Å². The number of hydrogen-bond acceptors (Lipinski definition) is 2. The van der Waals surface area contributed by atoms with Crippen molar-refractivity contribution in [1.82, 2.24) is 5.32 Å². The van der Waals surface area contributed by atoms with Crippen LogP contribution in [0.3, 0.4) is 0 Å². The molecule has 1 aromatic carbocycles. The normalized spacial score (nSPS) is 17.2. The molecule has 19 heavy (non-hydrogen) atoms. The van der Waals surface area contributed by atoms with Gasteiger partial charge in [-0.25, -0.2) is 0 Å². The highest BCUT2D eigenvalue weighted by atomic mass is 79.9. The summed E-state index contributed by atoms with van der Waals surface area (Å²) in [6.07, 6.45) is 2.10. The molecule has 0 saturated heterocycles. The summed E-state index contributed by atoms with van der Waals surface area (Å²) >= 11 is 3.61. The molecular weight excluding hydrogens is 302 g/mol. The lowest BCUT2D eigenvalue weighted by Crippen LogP contribution is -2.37. The number of ether oxygens (including phenoxy) is 1. The van der Waals surface area contributed by atoms with Crippen molar-refractivity contribution in [3.8, 4) is 5.75 Å². The average Bonchev–Trinajstić information content (AvgIpc) is 2.75. The molecule has 0 bridgehead atoms. The summed E-state index contributed by atoms with van der Waals surface area (Å²) in [6.45, 7) is 9.80. The molecule has 0 fully saturated rings. The zero-order valence-electron chi connectivity index (χ0n) is 12.3. The third-order valence-electron chi connectivity index (χ3n) is 3.82. The van der Waals surface area contributed by atoms with Crippen LogP contribution in [0, 0.1) is 5.92 Å². The Labute approximate surface area is 125 Å². The van der Waals surface area contributed by atoms with Gasteiger partial charge in [-0.1, -0.05) is 36.7 Å². The van der Waals surface area contributed by atoms with Crippen molar-refractivity contribution in [3.63, 3.8) is 0 Å². The molecule has 2 unspecified atom stereocenters. The average molecular weight is 326 g/mol. The summed E-state index contributed by atoms with van der Waals surface area (Å²) in [5.41, 5.74) is 2.69. The van der Waals surface area contributed by atoms with Gasteiger partial charge in [-0.15, -0.1) is 0 Å². The highest BCUT2D eigenvalue weighted by Gasteiger charge is 2.21. The molecule has 0 spiro atoms. The molecule has 3 heteroatoms. The van der Waals surface area contributed by atoms with Crippen LogP contribution >= 0.6 is 15.9 Å². The van der Waals surface area contributed by atoms with Crippen LogP contribution in [0.4, 0.5) is 0 Å². The van der Waals surface area contributed by atoms with E-state index < -0.39 is 0 Å². The van der Waals surface area contributed by atoms with E-state index in [0.717, 1.165) is 25.2 Å². The second-order valence-electron chi connectivity index (χ2n) is 5.94. The van der Waals surface area contributed by atoms with Crippen molar-refractivity contribution in [1.29, 1.82) is 0 Å². The van der Waals surface area contributed by atoms with E-state index in [1.807, 2.05) is 0 Å².